The number of rotatable bonds is 6. The first-order valence-corrected chi connectivity index (χ1v) is 8.45. The zero-order valence-corrected chi connectivity index (χ0v) is 14.6. The van der Waals surface area contributed by atoms with Crippen LogP contribution in [0.2, 0.25) is 0 Å². The molecule has 0 spiro atoms. The van der Waals surface area contributed by atoms with Gasteiger partial charge in [-0.15, -0.1) is 0 Å². The molecule has 0 unspecified atom stereocenters. The van der Waals surface area contributed by atoms with Crippen LogP contribution in [0.3, 0.4) is 0 Å². The van der Waals surface area contributed by atoms with Gasteiger partial charge < -0.3 is 14.5 Å². The highest BCUT2D eigenvalue weighted by Gasteiger charge is 2.21. The van der Waals surface area contributed by atoms with Crippen LogP contribution in [0, 0.1) is 17.0 Å². The van der Waals surface area contributed by atoms with Crippen molar-refractivity contribution in [3.8, 4) is 0 Å². The van der Waals surface area contributed by atoms with Crippen molar-refractivity contribution in [2.45, 2.75) is 13.5 Å². The van der Waals surface area contributed by atoms with E-state index in [0.717, 1.165) is 5.56 Å². The van der Waals surface area contributed by atoms with Crippen LogP contribution in [0.15, 0.2) is 47.6 Å². The molecule has 3 rings (SSSR count). The van der Waals surface area contributed by atoms with E-state index in [-0.39, 0.29) is 10.6 Å². The summed E-state index contributed by atoms with van der Waals surface area (Å²) in [6, 6.07) is 13.1. The predicted molar refractivity (Wildman–Crippen MR) is 99.7 cm³/mol. The average Bonchev–Trinajstić information content (AvgIpc) is 2.67. The Morgan fingerprint density at radius 1 is 1.23 bits per heavy atom. The van der Waals surface area contributed by atoms with E-state index in [1.807, 2.05) is 36.1 Å². The Balaban J connectivity index is 1.66. The van der Waals surface area contributed by atoms with Crippen LogP contribution in [0.4, 0.5) is 11.4 Å². The van der Waals surface area contributed by atoms with Crippen molar-refractivity contribution in [1.82, 2.24) is 0 Å². The largest absolute Gasteiger partial charge is 0.391 e. The third-order valence-electron chi connectivity index (χ3n) is 4.18. The summed E-state index contributed by atoms with van der Waals surface area (Å²) in [7, 11) is 0. The number of aryl methyl sites for hydroxylation is 1. The molecule has 0 aromatic heterocycles. The highest BCUT2D eigenvalue weighted by molar-refractivity contribution is 5.82. The number of morpholine rings is 1. The summed E-state index contributed by atoms with van der Waals surface area (Å²) in [5.41, 5.74) is 3.49. The van der Waals surface area contributed by atoms with E-state index in [9.17, 15) is 10.1 Å². The number of ether oxygens (including phenoxy) is 1. The van der Waals surface area contributed by atoms with Crippen LogP contribution in [-0.4, -0.2) is 37.4 Å². The fourth-order valence-electron chi connectivity index (χ4n) is 2.73. The fraction of sp³-hybridized carbons (Fsp3) is 0.316. The third-order valence-corrected chi connectivity index (χ3v) is 4.18. The van der Waals surface area contributed by atoms with Gasteiger partial charge in [-0.2, -0.15) is 0 Å². The van der Waals surface area contributed by atoms with Gasteiger partial charge >= 0.3 is 0 Å². The van der Waals surface area contributed by atoms with Crippen LogP contribution in [-0.2, 0) is 16.2 Å². The molecule has 1 fully saturated rings. The van der Waals surface area contributed by atoms with Crippen molar-refractivity contribution in [1.29, 1.82) is 0 Å². The minimum atomic E-state index is -0.366. The van der Waals surface area contributed by atoms with E-state index >= 15 is 0 Å². The van der Waals surface area contributed by atoms with E-state index < -0.39 is 0 Å². The summed E-state index contributed by atoms with van der Waals surface area (Å²) in [4.78, 5) is 18.3. The van der Waals surface area contributed by atoms with E-state index in [2.05, 4.69) is 5.16 Å². The number of nitro groups is 1. The van der Waals surface area contributed by atoms with Gasteiger partial charge in [0.15, 0.2) is 0 Å². The number of hydrogen-bond acceptors (Lipinski definition) is 6. The maximum Gasteiger partial charge on any atom is 0.293 e. The molecule has 0 N–H and O–H groups in total. The summed E-state index contributed by atoms with van der Waals surface area (Å²) in [5.74, 6) is 0. The highest BCUT2D eigenvalue weighted by Crippen LogP contribution is 2.29. The van der Waals surface area contributed by atoms with Gasteiger partial charge in [0.2, 0.25) is 0 Å². The second-order valence-corrected chi connectivity index (χ2v) is 6.10. The summed E-state index contributed by atoms with van der Waals surface area (Å²) >= 11 is 0. The van der Waals surface area contributed by atoms with Crippen molar-refractivity contribution >= 4 is 17.6 Å². The first kappa shape index (κ1) is 17.9. The lowest BCUT2D eigenvalue weighted by Crippen LogP contribution is -2.36. The van der Waals surface area contributed by atoms with Gasteiger partial charge in [-0.05, 0) is 18.6 Å². The lowest BCUT2D eigenvalue weighted by molar-refractivity contribution is -0.384. The molecule has 7 heteroatoms. The van der Waals surface area contributed by atoms with Crippen LogP contribution in [0.1, 0.15) is 16.7 Å². The van der Waals surface area contributed by atoms with Crippen molar-refractivity contribution in [2.24, 2.45) is 5.16 Å². The molecule has 2 aromatic carbocycles. The topological polar surface area (TPSA) is 77.2 Å². The van der Waals surface area contributed by atoms with Crippen molar-refractivity contribution in [3.05, 3.63) is 69.3 Å². The quantitative estimate of drug-likeness (QED) is 0.451. The maximum atomic E-state index is 11.4. The van der Waals surface area contributed by atoms with Gasteiger partial charge in [0.25, 0.3) is 5.69 Å². The van der Waals surface area contributed by atoms with Gasteiger partial charge in [0, 0.05) is 24.7 Å². The zero-order valence-electron chi connectivity index (χ0n) is 14.6. The monoisotopic (exact) mass is 355 g/mol. The first-order valence-electron chi connectivity index (χ1n) is 8.45. The van der Waals surface area contributed by atoms with Crippen molar-refractivity contribution < 1.29 is 14.5 Å². The van der Waals surface area contributed by atoms with E-state index in [0.29, 0.717) is 44.2 Å². The van der Waals surface area contributed by atoms with E-state index in [1.165, 1.54) is 17.8 Å². The van der Waals surface area contributed by atoms with Crippen LogP contribution < -0.4 is 4.90 Å². The number of oxime groups is 1. The van der Waals surface area contributed by atoms with E-state index in [4.69, 9.17) is 9.57 Å². The highest BCUT2D eigenvalue weighted by atomic mass is 16.6. The van der Waals surface area contributed by atoms with Crippen LogP contribution in [0.25, 0.3) is 0 Å². The lowest BCUT2D eigenvalue weighted by atomic mass is 10.1. The molecular weight excluding hydrogens is 334 g/mol. The molecule has 1 aliphatic heterocycles. The summed E-state index contributed by atoms with van der Waals surface area (Å²) in [6.07, 6.45) is 1.49. The molecule has 0 radical (unpaired) electrons. The molecule has 0 atom stereocenters. The molecule has 1 saturated heterocycles. The van der Waals surface area contributed by atoms with Crippen LogP contribution >= 0.6 is 0 Å². The number of hydrogen-bond donors (Lipinski definition) is 0. The molecule has 1 aliphatic rings. The Bertz CT molecular complexity index is 784. The minimum absolute atomic E-state index is 0.0642. The number of nitro benzene ring substituents is 1. The first-order chi connectivity index (χ1) is 12.6. The molecule has 0 saturated carbocycles. The molecule has 136 valence electrons. The zero-order chi connectivity index (χ0) is 18.4. The van der Waals surface area contributed by atoms with Crippen molar-refractivity contribution in [3.63, 3.8) is 0 Å². The minimum Gasteiger partial charge on any atom is -0.391 e. The number of nitrogens with zero attached hydrogens (tertiary/aromatic N) is 3. The molecule has 26 heavy (non-hydrogen) atoms. The lowest BCUT2D eigenvalue weighted by Gasteiger charge is -2.28. The van der Waals surface area contributed by atoms with E-state index in [1.54, 1.807) is 12.1 Å². The predicted octanol–water partition coefficient (Wildman–Crippen LogP) is 3.29. The molecule has 1 heterocycles. The van der Waals surface area contributed by atoms with Gasteiger partial charge in [0.05, 0.1) is 24.4 Å². The Morgan fingerprint density at radius 2 is 1.96 bits per heavy atom. The van der Waals surface area contributed by atoms with Crippen molar-refractivity contribution in [2.75, 3.05) is 31.2 Å². The normalized spacial score (nSPS) is 14.6. The summed E-state index contributed by atoms with van der Waals surface area (Å²) in [6.45, 7) is 4.82. The molecule has 7 nitrogen and oxygen atoms in total. The van der Waals surface area contributed by atoms with Gasteiger partial charge in [-0.1, -0.05) is 41.1 Å². The Hall–Kier alpha value is -2.93. The second kappa shape index (κ2) is 8.44. The number of benzene rings is 2. The van der Waals surface area contributed by atoms with Gasteiger partial charge in [-0.3, -0.25) is 10.1 Å². The molecular formula is C19H21N3O4. The Morgan fingerprint density at radius 3 is 2.65 bits per heavy atom. The third kappa shape index (κ3) is 4.58. The van der Waals surface area contributed by atoms with Gasteiger partial charge in [0.1, 0.15) is 12.3 Å². The molecule has 0 aliphatic carbocycles. The average molecular weight is 355 g/mol. The molecule has 0 bridgehead atoms. The summed E-state index contributed by atoms with van der Waals surface area (Å²) < 4.78 is 5.30. The maximum absolute atomic E-state index is 11.4. The summed E-state index contributed by atoms with van der Waals surface area (Å²) in [5, 5.41) is 15.4. The SMILES string of the molecule is Cc1ccc(CO/N=C/c2ccc(N3CCOCC3)c([N+](=O)[O-])c2)cc1. The standard InChI is InChI=1S/C19H21N3O4/c1-15-2-4-16(5-3-15)14-26-20-13-17-6-7-18(19(12-17)22(23)24)21-8-10-25-11-9-21/h2-7,12-13H,8-11,14H2,1H3/b20-13+. The Labute approximate surface area is 152 Å². The fourth-order valence-corrected chi connectivity index (χ4v) is 2.73. The van der Waals surface area contributed by atoms with Crippen LogP contribution in [0.5, 0.6) is 0 Å². The molecule has 0 amide bonds. The van der Waals surface area contributed by atoms with Gasteiger partial charge in [-0.25, -0.2) is 0 Å². The number of anilines is 1. The smallest absolute Gasteiger partial charge is 0.293 e. The second-order valence-electron chi connectivity index (χ2n) is 6.10. The Kier molecular flexibility index (Phi) is 5.80. The molecule has 2 aromatic rings.